The number of pyridine rings is 1. The van der Waals surface area contributed by atoms with Gasteiger partial charge in [-0.3, -0.25) is 9.59 Å². The maximum absolute atomic E-state index is 13.8. The Hall–Kier alpha value is -1.98. The third kappa shape index (κ3) is 3.76. The van der Waals surface area contributed by atoms with Crippen molar-refractivity contribution in [2.24, 2.45) is 0 Å². The molecule has 0 spiro atoms. The van der Waals surface area contributed by atoms with E-state index in [4.69, 9.17) is 0 Å². The number of amides is 1. The summed E-state index contributed by atoms with van der Waals surface area (Å²) < 4.78 is 13.8. The number of nitrogens with one attached hydrogen (secondary N) is 1. The lowest BCUT2D eigenvalue weighted by molar-refractivity contribution is -0.119. The van der Waals surface area contributed by atoms with E-state index in [0.29, 0.717) is 31.6 Å². The van der Waals surface area contributed by atoms with Crippen molar-refractivity contribution in [1.82, 2.24) is 10.3 Å². The molecule has 1 aromatic heterocycles. The van der Waals surface area contributed by atoms with Gasteiger partial charge in [-0.2, -0.15) is 4.39 Å². The molecule has 1 aromatic rings. The van der Waals surface area contributed by atoms with Crippen molar-refractivity contribution >= 4 is 17.4 Å². The van der Waals surface area contributed by atoms with Crippen LogP contribution < -0.4 is 10.2 Å². The summed E-state index contributed by atoms with van der Waals surface area (Å²) in [5.41, 5.74) is 0.391. The zero-order valence-corrected chi connectivity index (χ0v) is 12.1. The number of hydrogen-bond donors (Lipinski definition) is 1. The monoisotopic (exact) mass is 281 g/mol. The molecule has 1 amide bonds. The molecular formula is C14H20FN3O2. The number of piperidine rings is 1. The van der Waals surface area contributed by atoms with Gasteiger partial charge >= 0.3 is 0 Å². The first kappa shape index (κ1) is 16.1. The van der Waals surface area contributed by atoms with Crippen LogP contribution in [-0.4, -0.2) is 36.8 Å². The molecule has 1 N–H and O–H groups in total. The van der Waals surface area contributed by atoms with Crippen LogP contribution in [-0.2, 0) is 4.79 Å². The number of halogens is 1. The molecule has 20 heavy (non-hydrogen) atoms. The van der Waals surface area contributed by atoms with Crippen LogP contribution in [0, 0.1) is 5.95 Å². The van der Waals surface area contributed by atoms with Crippen LogP contribution in [0.5, 0.6) is 0 Å². The first-order chi connectivity index (χ1) is 9.61. The van der Waals surface area contributed by atoms with E-state index in [2.05, 4.69) is 10.3 Å². The second-order valence-electron chi connectivity index (χ2n) is 4.11. The number of aromatic nitrogens is 1. The van der Waals surface area contributed by atoms with E-state index in [9.17, 15) is 14.0 Å². The molecule has 0 saturated carbocycles. The van der Waals surface area contributed by atoms with Gasteiger partial charge in [-0.25, -0.2) is 4.98 Å². The summed E-state index contributed by atoms with van der Waals surface area (Å²) in [7, 11) is 1.46. The zero-order chi connectivity index (χ0) is 15.1. The number of hydrogen-bond acceptors (Lipinski definition) is 4. The van der Waals surface area contributed by atoms with Crippen molar-refractivity contribution in [2.45, 2.75) is 26.7 Å². The van der Waals surface area contributed by atoms with Gasteiger partial charge in [0, 0.05) is 33.0 Å². The minimum Gasteiger partial charge on any atom is -0.367 e. The van der Waals surface area contributed by atoms with Crippen molar-refractivity contribution in [3.05, 3.63) is 23.8 Å². The highest BCUT2D eigenvalue weighted by molar-refractivity contribution is 5.92. The fraction of sp³-hybridized carbons (Fsp3) is 0.500. The molecule has 1 fully saturated rings. The fourth-order valence-electron chi connectivity index (χ4n) is 1.91. The third-order valence-corrected chi connectivity index (χ3v) is 2.95. The van der Waals surface area contributed by atoms with Crippen LogP contribution >= 0.6 is 0 Å². The average molecular weight is 281 g/mol. The van der Waals surface area contributed by atoms with Crippen LogP contribution in [0.3, 0.4) is 0 Å². The number of rotatable bonds is 2. The molecular weight excluding hydrogens is 261 g/mol. The summed E-state index contributed by atoms with van der Waals surface area (Å²) >= 11 is 0. The molecule has 1 saturated heterocycles. The average Bonchev–Trinajstić information content (AvgIpc) is 2.49. The highest BCUT2D eigenvalue weighted by atomic mass is 19.1. The summed E-state index contributed by atoms with van der Waals surface area (Å²) in [6, 6.07) is 3.01. The van der Waals surface area contributed by atoms with E-state index >= 15 is 0 Å². The second kappa shape index (κ2) is 7.57. The van der Waals surface area contributed by atoms with Gasteiger partial charge in [0.05, 0.1) is 5.69 Å². The standard InChI is InChI=1S/C12H14FN3O2.C2H6/c1-14-12(18)9-2-3-10(11(13)15-9)16-6-4-8(17)5-7-16;1-2/h2-3H,4-7H2,1H3,(H,14,18);1-2H3. The summed E-state index contributed by atoms with van der Waals surface area (Å²) in [6.07, 6.45) is 0.854. The molecule has 1 aliphatic rings. The number of nitrogens with zero attached hydrogens (tertiary/aromatic N) is 2. The van der Waals surface area contributed by atoms with Crippen molar-refractivity contribution in [1.29, 1.82) is 0 Å². The van der Waals surface area contributed by atoms with E-state index in [1.165, 1.54) is 19.2 Å². The van der Waals surface area contributed by atoms with Gasteiger partial charge < -0.3 is 10.2 Å². The lowest BCUT2D eigenvalue weighted by atomic mass is 10.1. The van der Waals surface area contributed by atoms with Gasteiger partial charge in [0.15, 0.2) is 0 Å². The van der Waals surface area contributed by atoms with Crippen LogP contribution in [0.25, 0.3) is 0 Å². The molecule has 0 aliphatic carbocycles. The Labute approximate surface area is 118 Å². The van der Waals surface area contributed by atoms with Crippen LogP contribution in [0.1, 0.15) is 37.2 Å². The van der Waals surface area contributed by atoms with Gasteiger partial charge in [-0.05, 0) is 12.1 Å². The first-order valence-corrected chi connectivity index (χ1v) is 6.77. The predicted octanol–water partition coefficient (Wildman–Crippen LogP) is 1.78. The van der Waals surface area contributed by atoms with E-state index in [-0.39, 0.29) is 11.5 Å². The normalized spacial score (nSPS) is 14.4. The molecule has 6 heteroatoms. The molecule has 0 unspecified atom stereocenters. The third-order valence-electron chi connectivity index (χ3n) is 2.95. The fourth-order valence-corrected chi connectivity index (χ4v) is 1.91. The molecule has 0 atom stereocenters. The number of ketones is 1. The Morgan fingerprint density at radius 3 is 2.40 bits per heavy atom. The Morgan fingerprint density at radius 1 is 1.30 bits per heavy atom. The SMILES string of the molecule is CC.CNC(=O)c1ccc(N2CCC(=O)CC2)c(F)n1. The highest BCUT2D eigenvalue weighted by Crippen LogP contribution is 2.21. The summed E-state index contributed by atoms with van der Waals surface area (Å²) in [5.74, 6) is -0.902. The Bertz CT molecular complexity index is 481. The number of Topliss-reactive ketones (excluding diaryl/α,β-unsaturated/α-hetero) is 1. The Kier molecular flexibility index (Phi) is 6.09. The molecule has 110 valence electrons. The molecule has 0 radical (unpaired) electrons. The minimum atomic E-state index is -0.676. The van der Waals surface area contributed by atoms with Gasteiger partial charge in [0.25, 0.3) is 5.91 Å². The molecule has 2 rings (SSSR count). The smallest absolute Gasteiger partial charge is 0.269 e. The van der Waals surface area contributed by atoms with E-state index < -0.39 is 11.9 Å². The lowest BCUT2D eigenvalue weighted by Crippen LogP contribution is -2.34. The van der Waals surface area contributed by atoms with Crippen molar-refractivity contribution < 1.29 is 14.0 Å². The number of carbonyl (C=O) groups excluding carboxylic acids is 2. The van der Waals surface area contributed by atoms with Crippen LogP contribution in [0.4, 0.5) is 10.1 Å². The van der Waals surface area contributed by atoms with Gasteiger partial charge in [0.1, 0.15) is 11.5 Å². The second-order valence-corrected chi connectivity index (χ2v) is 4.11. The summed E-state index contributed by atoms with van der Waals surface area (Å²) in [4.78, 5) is 27.8. The topological polar surface area (TPSA) is 62.3 Å². The quantitative estimate of drug-likeness (QED) is 0.839. The maximum Gasteiger partial charge on any atom is 0.269 e. The molecule has 5 nitrogen and oxygen atoms in total. The Morgan fingerprint density at radius 2 is 1.90 bits per heavy atom. The molecule has 0 bridgehead atoms. The highest BCUT2D eigenvalue weighted by Gasteiger charge is 2.20. The van der Waals surface area contributed by atoms with Crippen molar-refractivity contribution in [3.8, 4) is 0 Å². The molecule has 0 aromatic carbocycles. The minimum absolute atomic E-state index is 0.0480. The lowest BCUT2D eigenvalue weighted by Gasteiger charge is -2.28. The Balaban J connectivity index is 0.000000956. The molecule has 1 aliphatic heterocycles. The summed E-state index contributed by atoms with van der Waals surface area (Å²) in [5, 5.41) is 2.39. The van der Waals surface area contributed by atoms with Gasteiger partial charge in [-0.1, -0.05) is 13.8 Å². The zero-order valence-electron chi connectivity index (χ0n) is 12.1. The van der Waals surface area contributed by atoms with E-state index in [0.717, 1.165) is 0 Å². The number of anilines is 1. The van der Waals surface area contributed by atoms with E-state index in [1.807, 2.05) is 13.8 Å². The van der Waals surface area contributed by atoms with E-state index in [1.54, 1.807) is 4.90 Å². The van der Waals surface area contributed by atoms with Crippen molar-refractivity contribution in [2.75, 3.05) is 25.0 Å². The number of carbonyl (C=O) groups is 2. The van der Waals surface area contributed by atoms with Crippen LogP contribution in [0.2, 0.25) is 0 Å². The summed E-state index contributed by atoms with van der Waals surface area (Å²) in [6.45, 7) is 4.99. The largest absolute Gasteiger partial charge is 0.367 e. The van der Waals surface area contributed by atoms with Crippen molar-refractivity contribution in [3.63, 3.8) is 0 Å². The van der Waals surface area contributed by atoms with Crippen LogP contribution in [0.15, 0.2) is 12.1 Å². The van der Waals surface area contributed by atoms with Gasteiger partial charge in [0.2, 0.25) is 5.95 Å². The first-order valence-electron chi connectivity index (χ1n) is 6.77. The van der Waals surface area contributed by atoms with Gasteiger partial charge in [-0.15, -0.1) is 0 Å². The molecule has 2 heterocycles. The maximum atomic E-state index is 13.8. The predicted molar refractivity (Wildman–Crippen MR) is 75.4 cm³/mol.